The van der Waals surface area contributed by atoms with Gasteiger partial charge >= 0.3 is 0 Å². The number of methoxy groups -OCH3 is 2. The molecule has 3 rings (SSSR count). The van der Waals surface area contributed by atoms with E-state index in [1.165, 1.54) is 19.2 Å². The van der Waals surface area contributed by atoms with Gasteiger partial charge in [0.2, 0.25) is 5.91 Å². The molecule has 0 aromatic heterocycles. The van der Waals surface area contributed by atoms with Crippen molar-refractivity contribution in [3.8, 4) is 11.5 Å². The van der Waals surface area contributed by atoms with Crippen LogP contribution in [0.4, 0.5) is 4.39 Å². The number of carbonyl (C=O) groups is 2. The Morgan fingerprint density at radius 3 is 2.31 bits per heavy atom. The summed E-state index contributed by atoms with van der Waals surface area (Å²) in [6.45, 7) is 11.1. The second kappa shape index (κ2) is 11.4. The Morgan fingerprint density at radius 2 is 1.72 bits per heavy atom. The lowest BCUT2D eigenvalue weighted by Crippen LogP contribution is -2.45. The molecule has 0 heterocycles. The summed E-state index contributed by atoms with van der Waals surface area (Å²) in [4.78, 5) is 26.3. The highest BCUT2D eigenvalue weighted by atomic mass is 19.1. The monoisotopic (exact) mass is 506 g/mol. The average Bonchev–Trinajstić information content (AvgIpc) is 3.22. The van der Waals surface area contributed by atoms with E-state index in [0.29, 0.717) is 19.4 Å². The first-order valence-corrected chi connectivity index (χ1v) is 13.0. The maximum absolute atomic E-state index is 14.8. The molecular formula is C28H43FN2O5. The first-order valence-electron chi connectivity index (χ1n) is 13.0. The Balaban J connectivity index is 1.75. The summed E-state index contributed by atoms with van der Waals surface area (Å²) in [5.74, 6) is -1.35. The summed E-state index contributed by atoms with van der Waals surface area (Å²) in [5.41, 5.74) is 0.389. The van der Waals surface area contributed by atoms with Gasteiger partial charge in [-0.3, -0.25) is 9.59 Å². The summed E-state index contributed by atoms with van der Waals surface area (Å²) in [6.07, 6.45) is 4.49. The number of carbonyl (C=O) groups excluding carboxylic acids is 2. The molecule has 2 fully saturated rings. The molecule has 1 aromatic carbocycles. The third-order valence-corrected chi connectivity index (χ3v) is 7.38. The predicted octanol–water partition coefficient (Wildman–Crippen LogP) is 4.87. The van der Waals surface area contributed by atoms with E-state index in [4.69, 9.17) is 14.2 Å². The SMILES string of the molecule is COc1cc(F)c(OC2CCC(C)(C)CC2)cc1C(=O)N[C@@H]1C[C@@H](OC)C[C@@H]1C(=O)NCC(C)(C)C. The fourth-order valence-electron chi connectivity index (χ4n) is 5.00. The van der Waals surface area contributed by atoms with Crippen molar-refractivity contribution in [3.05, 3.63) is 23.5 Å². The first-order chi connectivity index (χ1) is 16.8. The molecule has 2 N–H and O–H groups in total. The molecule has 0 saturated heterocycles. The van der Waals surface area contributed by atoms with Crippen LogP contribution in [0.25, 0.3) is 0 Å². The third kappa shape index (κ3) is 7.34. The second-order valence-electron chi connectivity index (χ2n) is 12.3. The molecule has 2 amide bonds. The van der Waals surface area contributed by atoms with Gasteiger partial charge in [0.15, 0.2) is 11.6 Å². The molecule has 2 aliphatic rings. The van der Waals surface area contributed by atoms with Crippen molar-refractivity contribution in [1.82, 2.24) is 10.6 Å². The van der Waals surface area contributed by atoms with Crippen LogP contribution < -0.4 is 20.1 Å². The number of ether oxygens (including phenoxy) is 3. The lowest BCUT2D eigenvalue weighted by molar-refractivity contribution is -0.126. The van der Waals surface area contributed by atoms with E-state index in [2.05, 4.69) is 24.5 Å². The zero-order chi connectivity index (χ0) is 26.7. The molecule has 202 valence electrons. The van der Waals surface area contributed by atoms with Gasteiger partial charge in [0.1, 0.15) is 5.75 Å². The van der Waals surface area contributed by atoms with Crippen LogP contribution in [-0.2, 0) is 9.53 Å². The molecule has 2 saturated carbocycles. The van der Waals surface area contributed by atoms with Crippen LogP contribution in [0.1, 0.15) is 83.5 Å². The van der Waals surface area contributed by atoms with Crippen molar-refractivity contribution < 1.29 is 28.2 Å². The Kier molecular flexibility index (Phi) is 8.91. The summed E-state index contributed by atoms with van der Waals surface area (Å²) in [7, 11) is 3.01. The maximum Gasteiger partial charge on any atom is 0.255 e. The van der Waals surface area contributed by atoms with E-state index in [9.17, 15) is 14.0 Å². The van der Waals surface area contributed by atoms with Gasteiger partial charge in [-0.1, -0.05) is 34.6 Å². The fraction of sp³-hybridized carbons (Fsp3) is 0.714. The molecule has 2 aliphatic carbocycles. The van der Waals surface area contributed by atoms with Crippen molar-refractivity contribution in [2.45, 2.75) is 91.4 Å². The molecule has 8 heteroatoms. The van der Waals surface area contributed by atoms with Crippen molar-refractivity contribution in [3.63, 3.8) is 0 Å². The van der Waals surface area contributed by atoms with Gasteiger partial charge in [-0.15, -0.1) is 0 Å². The van der Waals surface area contributed by atoms with Gasteiger partial charge < -0.3 is 24.8 Å². The summed E-state index contributed by atoms with van der Waals surface area (Å²) >= 11 is 0. The second-order valence-corrected chi connectivity index (χ2v) is 12.3. The van der Waals surface area contributed by atoms with Gasteiger partial charge in [-0.2, -0.15) is 0 Å². The highest BCUT2D eigenvalue weighted by Crippen LogP contribution is 2.38. The quantitative estimate of drug-likeness (QED) is 0.526. The smallest absolute Gasteiger partial charge is 0.255 e. The third-order valence-electron chi connectivity index (χ3n) is 7.38. The highest BCUT2D eigenvalue weighted by molar-refractivity contribution is 5.98. The topological polar surface area (TPSA) is 85.9 Å². The molecule has 3 atom stereocenters. The van der Waals surface area contributed by atoms with E-state index in [-0.39, 0.29) is 46.0 Å². The zero-order valence-electron chi connectivity index (χ0n) is 22.8. The van der Waals surface area contributed by atoms with E-state index in [0.717, 1.165) is 25.7 Å². The molecule has 0 spiro atoms. The largest absolute Gasteiger partial charge is 0.496 e. The highest BCUT2D eigenvalue weighted by Gasteiger charge is 2.40. The average molecular weight is 507 g/mol. The van der Waals surface area contributed by atoms with Crippen molar-refractivity contribution >= 4 is 11.8 Å². The molecule has 0 bridgehead atoms. The summed E-state index contributed by atoms with van der Waals surface area (Å²) in [6, 6.07) is 2.19. The Bertz CT molecular complexity index is 933. The van der Waals surface area contributed by atoms with Crippen LogP contribution in [0.3, 0.4) is 0 Å². The normalized spacial score (nSPS) is 24.3. The van der Waals surface area contributed by atoms with Crippen LogP contribution in [-0.4, -0.2) is 50.8 Å². The number of nitrogens with one attached hydrogen (secondary N) is 2. The lowest BCUT2D eigenvalue weighted by Gasteiger charge is -2.34. The zero-order valence-corrected chi connectivity index (χ0v) is 22.8. The van der Waals surface area contributed by atoms with E-state index in [1.54, 1.807) is 7.11 Å². The van der Waals surface area contributed by atoms with E-state index < -0.39 is 23.7 Å². The molecule has 0 radical (unpaired) electrons. The summed E-state index contributed by atoms with van der Waals surface area (Å²) < 4.78 is 31.7. The minimum Gasteiger partial charge on any atom is -0.496 e. The van der Waals surface area contributed by atoms with Gasteiger partial charge in [0.25, 0.3) is 5.91 Å². The molecular weight excluding hydrogens is 463 g/mol. The van der Waals surface area contributed by atoms with E-state index >= 15 is 0 Å². The Hall–Kier alpha value is -2.35. The van der Waals surface area contributed by atoms with E-state index in [1.807, 2.05) is 20.8 Å². The van der Waals surface area contributed by atoms with Gasteiger partial charge in [-0.05, 0) is 55.4 Å². The van der Waals surface area contributed by atoms with Crippen LogP contribution in [0.5, 0.6) is 11.5 Å². The van der Waals surface area contributed by atoms with Crippen LogP contribution in [0, 0.1) is 22.6 Å². The van der Waals surface area contributed by atoms with Crippen molar-refractivity contribution in [2.75, 3.05) is 20.8 Å². The first kappa shape index (κ1) is 28.2. The van der Waals surface area contributed by atoms with Crippen LogP contribution in [0.2, 0.25) is 0 Å². The van der Waals surface area contributed by atoms with Crippen LogP contribution >= 0.6 is 0 Å². The van der Waals surface area contributed by atoms with Crippen molar-refractivity contribution in [1.29, 1.82) is 0 Å². The van der Waals surface area contributed by atoms with Gasteiger partial charge in [-0.25, -0.2) is 4.39 Å². The van der Waals surface area contributed by atoms with Gasteiger partial charge in [0.05, 0.1) is 30.8 Å². The molecule has 0 unspecified atom stereocenters. The molecule has 7 nitrogen and oxygen atoms in total. The Labute approximate surface area is 214 Å². The Morgan fingerprint density at radius 1 is 1.06 bits per heavy atom. The molecule has 0 aliphatic heterocycles. The number of hydrogen-bond acceptors (Lipinski definition) is 5. The number of halogens is 1. The number of benzene rings is 1. The predicted molar refractivity (Wildman–Crippen MR) is 137 cm³/mol. The lowest BCUT2D eigenvalue weighted by atomic mass is 9.76. The molecule has 1 aromatic rings. The van der Waals surface area contributed by atoms with Crippen molar-refractivity contribution in [2.24, 2.45) is 16.7 Å². The minimum absolute atomic E-state index is 0.0475. The number of hydrogen-bond donors (Lipinski definition) is 2. The maximum atomic E-state index is 14.8. The van der Waals surface area contributed by atoms with Gasteiger partial charge in [0, 0.05) is 25.8 Å². The van der Waals surface area contributed by atoms with Crippen LogP contribution in [0.15, 0.2) is 12.1 Å². The summed E-state index contributed by atoms with van der Waals surface area (Å²) in [5, 5.41) is 5.99. The fourth-order valence-corrected chi connectivity index (χ4v) is 5.00. The number of rotatable bonds is 8. The number of amides is 2. The standard InChI is InChI=1S/C28H43FN2O5/c1-27(2,3)16-30-25(32)19-12-18(34-6)13-22(19)31-26(33)20-14-24(21(29)15-23(20)35-7)36-17-8-10-28(4,5)11-9-17/h14-15,17-19,22H,8-13,16H2,1-7H3,(H,30,32)(H,31,33)/t18-,19-,22+/m0/s1. The molecule has 36 heavy (non-hydrogen) atoms. The minimum atomic E-state index is -0.562.